The summed E-state index contributed by atoms with van der Waals surface area (Å²) in [6, 6.07) is 5.48. The Morgan fingerprint density at radius 2 is 2.12 bits per heavy atom. The Labute approximate surface area is 193 Å². The third kappa shape index (κ3) is 3.91. The number of fused-ring (bicyclic) bond motifs is 2. The molecule has 0 spiro atoms. The number of halogens is 1. The van der Waals surface area contributed by atoms with Crippen molar-refractivity contribution in [1.29, 1.82) is 0 Å². The molecule has 3 aromatic heterocycles. The lowest BCUT2D eigenvalue weighted by molar-refractivity contribution is -0.116. The largest absolute Gasteiger partial charge is 0.300 e. The Morgan fingerprint density at radius 3 is 2.91 bits per heavy atom. The molecule has 32 heavy (non-hydrogen) atoms. The summed E-state index contributed by atoms with van der Waals surface area (Å²) in [5.74, 6) is 0.839. The lowest BCUT2D eigenvalue weighted by atomic mass is 10.2. The maximum atomic E-state index is 13.3. The minimum absolute atomic E-state index is 0.120. The highest BCUT2D eigenvalue weighted by atomic mass is 32.2. The number of benzene rings is 1. The van der Waals surface area contributed by atoms with Gasteiger partial charge in [0.1, 0.15) is 11.2 Å². The molecule has 9 nitrogen and oxygen atoms in total. The lowest BCUT2D eigenvalue weighted by Crippen LogP contribution is -2.27. The first-order valence-electron chi connectivity index (χ1n) is 9.68. The summed E-state index contributed by atoms with van der Waals surface area (Å²) >= 11 is 4.30. The van der Waals surface area contributed by atoms with Crippen LogP contribution in [0.2, 0.25) is 0 Å². The van der Waals surface area contributed by atoms with Gasteiger partial charge in [0.15, 0.2) is 15.1 Å². The second-order valence-corrected chi connectivity index (χ2v) is 10.3. The molecule has 1 N–H and O–H groups in total. The van der Waals surface area contributed by atoms with E-state index in [4.69, 9.17) is 0 Å². The molecule has 0 radical (unpaired) electrons. The first kappa shape index (κ1) is 21.1. The molecule has 1 aliphatic heterocycles. The van der Waals surface area contributed by atoms with E-state index in [0.29, 0.717) is 32.8 Å². The van der Waals surface area contributed by atoms with Gasteiger partial charge in [0, 0.05) is 12.2 Å². The van der Waals surface area contributed by atoms with Crippen LogP contribution in [-0.4, -0.2) is 46.9 Å². The van der Waals surface area contributed by atoms with Gasteiger partial charge in [-0.15, -0.1) is 10.2 Å². The summed E-state index contributed by atoms with van der Waals surface area (Å²) in [7, 11) is 0. The number of anilines is 1. The van der Waals surface area contributed by atoms with Crippen molar-refractivity contribution in [3.05, 3.63) is 46.6 Å². The maximum absolute atomic E-state index is 13.3. The SMILES string of the molecule is CCSc1nnc(NC(=O)CC2CSc3nc4c(cnn4-c4ccc(F)cc4)c(=O)n32)s1. The van der Waals surface area contributed by atoms with Crippen LogP contribution in [-0.2, 0) is 4.79 Å². The molecule has 13 heteroatoms. The molecule has 0 aliphatic carbocycles. The fourth-order valence-electron chi connectivity index (χ4n) is 3.38. The Bertz CT molecular complexity index is 1370. The number of nitrogens with zero attached hydrogens (tertiary/aromatic N) is 6. The second-order valence-electron chi connectivity index (χ2n) is 6.86. The first-order valence-corrected chi connectivity index (χ1v) is 12.5. The molecule has 1 amide bonds. The number of aromatic nitrogens is 6. The highest BCUT2D eigenvalue weighted by Crippen LogP contribution is 2.34. The number of carbonyl (C=O) groups is 1. The number of amides is 1. The number of thioether (sulfide) groups is 2. The molecule has 1 aromatic carbocycles. The third-order valence-corrected chi connectivity index (χ3v) is 7.74. The monoisotopic (exact) mass is 489 g/mol. The Balaban J connectivity index is 1.40. The van der Waals surface area contributed by atoms with Gasteiger partial charge in [0.05, 0.1) is 17.9 Å². The van der Waals surface area contributed by atoms with Crippen LogP contribution in [0.5, 0.6) is 0 Å². The highest BCUT2D eigenvalue weighted by Gasteiger charge is 2.30. The predicted octanol–water partition coefficient (Wildman–Crippen LogP) is 3.36. The van der Waals surface area contributed by atoms with Crippen molar-refractivity contribution in [2.24, 2.45) is 0 Å². The number of carbonyl (C=O) groups excluding carboxylic acids is 1. The van der Waals surface area contributed by atoms with E-state index in [1.54, 1.807) is 28.5 Å². The van der Waals surface area contributed by atoms with Crippen LogP contribution in [0.1, 0.15) is 19.4 Å². The van der Waals surface area contributed by atoms with Gasteiger partial charge < -0.3 is 5.32 Å². The Morgan fingerprint density at radius 1 is 1.31 bits per heavy atom. The van der Waals surface area contributed by atoms with Crippen molar-refractivity contribution in [2.75, 3.05) is 16.8 Å². The molecule has 4 heterocycles. The summed E-state index contributed by atoms with van der Waals surface area (Å²) in [5, 5.41) is 16.4. The van der Waals surface area contributed by atoms with Crippen LogP contribution in [0.25, 0.3) is 16.7 Å². The zero-order valence-electron chi connectivity index (χ0n) is 16.7. The average molecular weight is 490 g/mol. The molecule has 1 aliphatic rings. The van der Waals surface area contributed by atoms with E-state index < -0.39 is 0 Å². The maximum Gasteiger partial charge on any atom is 0.265 e. The standard InChI is InChI=1S/C19H16FN7O2S3/c1-2-30-19-25-24-17(32-19)22-14(28)7-12-9-31-18-23-15-13(16(29)26(12)18)8-21-27(15)11-5-3-10(20)4-6-11/h3-6,8,12H,2,7,9H2,1H3,(H,22,24,28). The molecule has 0 fully saturated rings. The topological polar surface area (TPSA) is 108 Å². The summed E-state index contributed by atoms with van der Waals surface area (Å²) in [6.07, 6.45) is 1.57. The molecule has 4 aromatic rings. The van der Waals surface area contributed by atoms with Crippen LogP contribution >= 0.6 is 34.9 Å². The van der Waals surface area contributed by atoms with E-state index >= 15 is 0 Å². The smallest absolute Gasteiger partial charge is 0.265 e. The summed E-state index contributed by atoms with van der Waals surface area (Å²) in [4.78, 5) is 30.4. The van der Waals surface area contributed by atoms with Gasteiger partial charge >= 0.3 is 0 Å². The van der Waals surface area contributed by atoms with Crippen LogP contribution < -0.4 is 10.9 Å². The van der Waals surface area contributed by atoms with E-state index in [2.05, 4.69) is 25.6 Å². The number of hydrogen-bond donors (Lipinski definition) is 1. The van der Waals surface area contributed by atoms with Gasteiger partial charge in [-0.1, -0.05) is 41.8 Å². The van der Waals surface area contributed by atoms with Gasteiger partial charge in [-0.3, -0.25) is 14.2 Å². The van der Waals surface area contributed by atoms with Crippen LogP contribution in [0.4, 0.5) is 9.52 Å². The molecule has 0 saturated carbocycles. The predicted molar refractivity (Wildman–Crippen MR) is 122 cm³/mol. The van der Waals surface area contributed by atoms with Crippen LogP contribution in [0.3, 0.4) is 0 Å². The average Bonchev–Trinajstić information content (AvgIpc) is 3.49. The quantitative estimate of drug-likeness (QED) is 0.250. The van der Waals surface area contributed by atoms with Gasteiger partial charge in [0.25, 0.3) is 5.56 Å². The van der Waals surface area contributed by atoms with E-state index in [1.807, 2.05) is 6.92 Å². The van der Waals surface area contributed by atoms with E-state index in [-0.39, 0.29) is 29.7 Å². The highest BCUT2D eigenvalue weighted by molar-refractivity contribution is 8.01. The number of nitrogens with one attached hydrogen (secondary N) is 1. The van der Waals surface area contributed by atoms with Gasteiger partial charge in [-0.2, -0.15) is 5.10 Å². The molecule has 1 atom stereocenters. The number of rotatable bonds is 6. The fraction of sp³-hybridized carbons (Fsp3) is 0.263. The molecule has 1 unspecified atom stereocenters. The molecule has 0 saturated heterocycles. The Hall–Kier alpha value is -2.77. The van der Waals surface area contributed by atoms with E-state index in [9.17, 15) is 14.0 Å². The van der Waals surface area contributed by atoms with Crippen molar-refractivity contribution in [2.45, 2.75) is 28.9 Å². The van der Waals surface area contributed by atoms with Crippen molar-refractivity contribution in [3.8, 4) is 5.69 Å². The molecular formula is C19H16FN7O2S3. The minimum atomic E-state index is -0.357. The van der Waals surface area contributed by atoms with Crippen molar-refractivity contribution in [1.82, 2.24) is 29.5 Å². The first-order chi connectivity index (χ1) is 15.5. The van der Waals surface area contributed by atoms with Gasteiger partial charge in [0.2, 0.25) is 11.0 Å². The zero-order valence-corrected chi connectivity index (χ0v) is 19.1. The fourth-order valence-corrected chi connectivity index (χ4v) is 6.17. The van der Waals surface area contributed by atoms with Crippen molar-refractivity contribution < 1.29 is 9.18 Å². The van der Waals surface area contributed by atoms with Gasteiger partial charge in [-0.05, 0) is 30.0 Å². The van der Waals surface area contributed by atoms with E-state index in [1.165, 1.54) is 46.1 Å². The summed E-state index contributed by atoms with van der Waals surface area (Å²) in [6.45, 7) is 2.02. The molecule has 164 valence electrons. The van der Waals surface area contributed by atoms with E-state index in [0.717, 1.165) is 10.1 Å². The summed E-state index contributed by atoms with van der Waals surface area (Å²) in [5.41, 5.74) is 0.758. The van der Waals surface area contributed by atoms with Gasteiger partial charge in [-0.25, -0.2) is 14.1 Å². The van der Waals surface area contributed by atoms with Crippen molar-refractivity contribution in [3.63, 3.8) is 0 Å². The summed E-state index contributed by atoms with van der Waals surface area (Å²) < 4.78 is 17.1. The van der Waals surface area contributed by atoms with Crippen LogP contribution in [0.15, 0.2) is 44.8 Å². The lowest BCUT2D eigenvalue weighted by Gasteiger charge is -2.12. The number of hydrogen-bond acceptors (Lipinski definition) is 9. The second kappa shape index (κ2) is 8.64. The zero-order chi connectivity index (χ0) is 22.2. The Kier molecular flexibility index (Phi) is 5.69. The molecule has 0 bridgehead atoms. The molecule has 5 rings (SSSR count). The normalized spacial score (nSPS) is 15.2. The van der Waals surface area contributed by atoms with Crippen LogP contribution in [0, 0.1) is 5.82 Å². The molecular weight excluding hydrogens is 473 g/mol. The minimum Gasteiger partial charge on any atom is -0.300 e. The van der Waals surface area contributed by atoms with Crippen molar-refractivity contribution >= 4 is 56.9 Å². The third-order valence-electron chi connectivity index (χ3n) is 4.78.